The maximum absolute atomic E-state index is 14.1. The van der Waals surface area contributed by atoms with Crippen LogP contribution in [0.5, 0.6) is 11.6 Å². The van der Waals surface area contributed by atoms with Gasteiger partial charge in [0.15, 0.2) is 28.2 Å². The smallest absolute Gasteiger partial charge is 0.270 e. The van der Waals surface area contributed by atoms with Crippen LogP contribution >= 0.6 is 0 Å². The highest BCUT2D eigenvalue weighted by atomic mass is 32.2. The summed E-state index contributed by atoms with van der Waals surface area (Å²) in [6.07, 6.45) is 0. The first-order valence-electron chi connectivity index (χ1n) is 9.39. The summed E-state index contributed by atoms with van der Waals surface area (Å²) in [5.41, 5.74) is 0.649. The molecule has 4 rings (SSSR count). The molecule has 34 heavy (non-hydrogen) atoms. The van der Waals surface area contributed by atoms with Crippen LogP contribution in [0.4, 0.5) is 27.9 Å². The molecule has 12 heteroatoms. The number of halogens is 5. The molecule has 0 saturated carbocycles. The maximum Gasteiger partial charge on any atom is 0.270 e. The van der Waals surface area contributed by atoms with Crippen LogP contribution in [-0.2, 0) is 10.0 Å². The molecule has 0 amide bonds. The van der Waals surface area contributed by atoms with Crippen molar-refractivity contribution in [2.75, 3.05) is 4.72 Å². The molecule has 0 fully saturated rings. The summed E-state index contributed by atoms with van der Waals surface area (Å²) in [7, 11) is -5.35. The Morgan fingerprint density at radius 3 is 1.82 bits per heavy atom. The van der Waals surface area contributed by atoms with Gasteiger partial charge in [-0.2, -0.15) is 4.98 Å². The van der Waals surface area contributed by atoms with Crippen molar-refractivity contribution in [3.05, 3.63) is 95.8 Å². The zero-order valence-corrected chi connectivity index (χ0v) is 17.6. The summed E-state index contributed by atoms with van der Waals surface area (Å²) >= 11 is 0. The summed E-state index contributed by atoms with van der Waals surface area (Å²) in [6.45, 7) is 0. The number of nitrogens with zero attached hydrogens (tertiary/aromatic N) is 2. The molecule has 1 N–H and O–H groups in total. The Morgan fingerprint density at radius 1 is 0.706 bits per heavy atom. The number of benzene rings is 3. The number of ether oxygens (including phenoxy) is 1. The average molecular weight is 493 g/mol. The lowest BCUT2D eigenvalue weighted by atomic mass is 10.1. The van der Waals surface area contributed by atoms with Gasteiger partial charge in [-0.15, -0.1) is 0 Å². The van der Waals surface area contributed by atoms with E-state index in [0.717, 1.165) is 0 Å². The number of hydrogen-bond acceptors (Lipinski definition) is 5. The summed E-state index contributed by atoms with van der Waals surface area (Å²) in [5.74, 6) is -12.9. The van der Waals surface area contributed by atoms with Crippen molar-refractivity contribution in [3.63, 3.8) is 0 Å². The van der Waals surface area contributed by atoms with Gasteiger partial charge in [0.25, 0.3) is 10.0 Å². The Bertz CT molecular complexity index is 1440. The van der Waals surface area contributed by atoms with E-state index >= 15 is 0 Å². The van der Waals surface area contributed by atoms with Crippen LogP contribution < -0.4 is 9.46 Å². The highest BCUT2D eigenvalue weighted by Gasteiger charge is 2.34. The van der Waals surface area contributed by atoms with Crippen molar-refractivity contribution in [3.8, 4) is 22.9 Å². The van der Waals surface area contributed by atoms with E-state index in [1.54, 1.807) is 65.4 Å². The highest BCUT2D eigenvalue weighted by Crippen LogP contribution is 2.30. The second kappa shape index (κ2) is 9.06. The van der Waals surface area contributed by atoms with Crippen LogP contribution in [0, 0.1) is 29.1 Å². The fraction of sp³-hybridized carbons (Fsp3) is 0. The molecule has 0 radical (unpaired) electrons. The van der Waals surface area contributed by atoms with Crippen LogP contribution in [0.25, 0.3) is 11.3 Å². The Balaban J connectivity index is 1.80. The molecule has 1 heterocycles. The number of sulfonamides is 1. The van der Waals surface area contributed by atoms with Crippen LogP contribution in [0.15, 0.2) is 71.6 Å². The van der Waals surface area contributed by atoms with E-state index < -0.39 is 50.0 Å². The standard InChI is InChI=1S/C22H12F5N3O3S/c23-16-17(24)19(26)21(20(27)18(16)25)34(31,32)30-22-28-14(12-7-3-1-4-8-12)11-15(29-22)33-13-9-5-2-6-10-13/h1-11H,(H,28,29,30). The predicted molar refractivity (Wildman–Crippen MR) is 111 cm³/mol. The third-order valence-electron chi connectivity index (χ3n) is 4.40. The van der Waals surface area contributed by atoms with Crippen LogP contribution in [0.1, 0.15) is 0 Å². The fourth-order valence-electron chi connectivity index (χ4n) is 2.88. The van der Waals surface area contributed by atoms with E-state index in [4.69, 9.17) is 4.74 Å². The molecule has 6 nitrogen and oxygen atoms in total. The first kappa shape index (κ1) is 23.1. The molecule has 0 atom stereocenters. The van der Waals surface area contributed by atoms with E-state index in [2.05, 4.69) is 9.97 Å². The van der Waals surface area contributed by atoms with E-state index in [9.17, 15) is 30.4 Å². The minimum absolute atomic E-state index is 0.150. The number of anilines is 1. The fourth-order valence-corrected chi connectivity index (χ4v) is 3.97. The highest BCUT2D eigenvalue weighted by molar-refractivity contribution is 7.92. The maximum atomic E-state index is 14.1. The lowest BCUT2D eigenvalue weighted by Crippen LogP contribution is -2.21. The monoisotopic (exact) mass is 493 g/mol. The van der Waals surface area contributed by atoms with E-state index in [1.165, 1.54) is 6.07 Å². The van der Waals surface area contributed by atoms with Gasteiger partial charge in [0.1, 0.15) is 5.75 Å². The van der Waals surface area contributed by atoms with Crippen molar-refractivity contribution in [1.82, 2.24) is 9.97 Å². The number of aromatic nitrogens is 2. The molecule has 174 valence electrons. The quantitative estimate of drug-likeness (QED) is 0.220. The number of rotatable bonds is 6. The Morgan fingerprint density at radius 2 is 1.24 bits per heavy atom. The molecule has 0 saturated heterocycles. The van der Waals surface area contributed by atoms with Crippen molar-refractivity contribution in [1.29, 1.82) is 0 Å². The van der Waals surface area contributed by atoms with E-state index in [1.807, 2.05) is 0 Å². The van der Waals surface area contributed by atoms with Gasteiger partial charge in [0.2, 0.25) is 17.6 Å². The second-order valence-corrected chi connectivity index (χ2v) is 8.32. The molecule has 0 aliphatic heterocycles. The third-order valence-corrected chi connectivity index (χ3v) is 5.75. The van der Waals surface area contributed by atoms with Gasteiger partial charge in [-0.3, -0.25) is 0 Å². The lowest BCUT2D eigenvalue weighted by Gasteiger charge is -2.13. The molecular formula is C22H12F5N3O3S. The molecule has 0 unspecified atom stereocenters. The van der Waals surface area contributed by atoms with Gasteiger partial charge in [0.05, 0.1) is 5.69 Å². The zero-order valence-electron chi connectivity index (χ0n) is 16.8. The Hall–Kier alpha value is -4.06. The van der Waals surface area contributed by atoms with Crippen LogP contribution in [0.3, 0.4) is 0 Å². The number of para-hydroxylation sites is 1. The first-order valence-corrected chi connectivity index (χ1v) is 10.9. The molecular weight excluding hydrogens is 481 g/mol. The van der Waals surface area contributed by atoms with Crippen LogP contribution in [0.2, 0.25) is 0 Å². The van der Waals surface area contributed by atoms with Gasteiger partial charge in [-0.25, -0.2) is 40.1 Å². The molecule has 4 aromatic rings. The lowest BCUT2D eigenvalue weighted by molar-refractivity contribution is 0.358. The largest absolute Gasteiger partial charge is 0.439 e. The first-order chi connectivity index (χ1) is 16.2. The third kappa shape index (κ3) is 4.53. The molecule has 3 aromatic carbocycles. The average Bonchev–Trinajstić information content (AvgIpc) is 2.82. The molecule has 0 bridgehead atoms. The van der Waals surface area contributed by atoms with Crippen molar-refractivity contribution < 1.29 is 35.1 Å². The van der Waals surface area contributed by atoms with Gasteiger partial charge in [-0.05, 0) is 12.1 Å². The Labute approximate surface area is 189 Å². The normalized spacial score (nSPS) is 11.3. The van der Waals surface area contributed by atoms with Crippen LogP contribution in [-0.4, -0.2) is 18.4 Å². The second-order valence-electron chi connectivity index (χ2n) is 6.70. The molecule has 1 aromatic heterocycles. The van der Waals surface area contributed by atoms with Crippen molar-refractivity contribution in [2.45, 2.75) is 4.90 Å². The predicted octanol–water partition coefficient (Wildman–Crippen LogP) is 5.43. The summed E-state index contributed by atoms with van der Waals surface area (Å²) < 4.78 is 101. The van der Waals surface area contributed by atoms with Crippen molar-refractivity contribution in [2.24, 2.45) is 0 Å². The number of hydrogen-bond donors (Lipinski definition) is 1. The number of nitrogens with one attached hydrogen (secondary N) is 1. The van der Waals surface area contributed by atoms with Gasteiger partial charge < -0.3 is 4.74 Å². The molecule has 0 spiro atoms. The van der Waals surface area contributed by atoms with E-state index in [0.29, 0.717) is 11.3 Å². The SMILES string of the molecule is O=S(=O)(Nc1nc(Oc2ccccc2)cc(-c2ccccc2)n1)c1c(F)c(F)c(F)c(F)c1F. The minimum atomic E-state index is -5.35. The summed E-state index contributed by atoms with van der Waals surface area (Å²) in [6, 6.07) is 18.0. The van der Waals surface area contributed by atoms with Gasteiger partial charge in [-0.1, -0.05) is 48.5 Å². The summed E-state index contributed by atoms with van der Waals surface area (Å²) in [4.78, 5) is 5.78. The molecule has 0 aliphatic carbocycles. The summed E-state index contributed by atoms with van der Waals surface area (Å²) in [5, 5.41) is 0. The van der Waals surface area contributed by atoms with Gasteiger partial charge >= 0.3 is 0 Å². The van der Waals surface area contributed by atoms with E-state index in [-0.39, 0.29) is 11.6 Å². The zero-order chi connectivity index (χ0) is 24.5. The Kier molecular flexibility index (Phi) is 6.16. The minimum Gasteiger partial charge on any atom is -0.439 e. The van der Waals surface area contributed by atoms with Gasteiger partial charge in [0, 0.05) is 11.6 Å². The molecule has 0 aliphatic rings. The topological polar surface area (TPSA) is 81.2 Å². The van der Waals surface area contributed by atoms with Crippen molar-refractivity contribution >= 4 is 16.0 Å².